The predicted octanol–water partition coefficient (Wildman–Crippen LogP) is 5.15. The highest BCUT2D eigenvalue weighted by Gasteiger charge is 2.24. The predicted molar refractivity (Wildman–Crippen MR) is 116 cm³/mol. The molecule has 0 bridgehead atoms. The maximum atomic E-state index is 12.3. The smallest absolute Gasteiger partial charge is 0.334 e. The first-order valence-corrected chi connectivity index (χ1v) is 9.44. The van der Waals surface area contributed by atoms with Crippen molar-refractivity contribution in [2.45, 2.75) is 6.92 Å². The van der Waals surface area contributed by atoms with Crippen LogP contribution >= 0.6 is 34.8 Å². The van der Waals surface area contributed by atoms with Crippen molar-refractivity contribution in [1.29, 1.82) is 0 Å². The van der Waals surface area contributed by atoms with Crippen LogP contribution in [0.1, 0.15) is 15.9 Å². The molecule has 30 heavy (non-hydrogen) atoms. The third-order valence-electron chi connectivity index (χ3n) is 4.00. The van der Waals surface area contributed by atoms with Gasteiger partial charge >= 0.3 is 5.69 Å². The van der Waals surface area contributed by atoms with Crippen LogP contribution in [-0.4, -0.2) is 20.8 Å². The second kappa shape index (κ2) is 9.12. The van der Waals surface area contributed by atoms with Crippen molar-refractivity contribution in [3.63, 3.8) is 0 Å². The van der Waals surface area contributed by atoms with Crippen molar-refractivity contribution < 1.29 is 9.72 Å². The van der Waals surface area contributed by atoms with E-state index in [2.05, 4.69) is 26.1 Å². The third kappa shape index (κ3) is 4.70. The van der Waals surface area contributed by atoms with Gasteiger partial charge in [0.2, 0.25) is 11.6 Å². The Morgan fingerprint density at radius 1 is 1.07 bits per heavy atom. The summed E-state index contributed by atoms with van der Waals surface area (Å²) in [6.45, 7) is 1.76. The fourth-order valence-corrected chi connectivity index (χ4v) is 3.13. The highest BCUT2D eigenvalue weighted by molar-refractivity contribution is 6.36. The Labute approximate surface area is 185 Å². The molecular formula is C18H13Cl3N6O3. The summed E-state index contributed by atoms with van der Waals surface area (Å²) in [6, 6.07) is 9.40. The average Bonchev–Trinajstić information content (AvgIpc) is 2.69. The molecule has 0 aliphatic heterocycles. The Morgan fingerprint density at radius 2 is 1.80 bits per heavy atom. The van der Waals surface area contributed by atoms with Gasteiger partial charge in [-0.1, -0.05) is 40.9 Å². The van der Waals surface area contributed by atoms with Crippen molar-refractivity contribution in [1.82, 2.24) is 15.4 Å². The Balaban J connectivity index is 1.86. The first-order chi connectivity index (χ1) is 14.3. The van der Waals surface area contributed by atoms with E-state index in [9.17, 15) is 14.9 Å². The van der Waals surface area contributed by atoms with Gasteiger partial charge in [-0.05, 0) is 42.8 Å². The monoisotopic (exact) mass is 466 g/mol. The number of nitrogens with one attached hydrogen (secondary N) is 3. The van der Waals surface area contributed by atoms with Crippen molar-refractivity contribution in [2.24, 2.45) is 0 Å². The van der Waals surface area contributed by atoms with E-state index in [1.165, 1.54) is 18.2 Å². The molecule has 0 saturated carbocycles. The summed E-state index contributed by atoms with van der Waals surface area (Å²) in [4.78, 5) is 31.1. The lowest BCUT2D eigenvalue weighted by Gasteiger charge is -2.13. The fourth-order valence-electron chi connectivity index (χ4n) is 2.46. The molecule has 2 aromatic carbocycles. The van der Waals surface area contributed by atoms with Gasteiger partial charge < -0.3 is 5.32 Å². The van der Waals surface area contributed by atoms with Crippen molar-refractivity contribution in [2.75, 3.05) is 10.7 Å². The number of nitro groups is 1. The summed E-state index contributed by atoms with van der Waals surface area (Å²) < 4.78 is 0. The van der Waals surface area contributed by atoms with Gasteiger partial charge in [-0.15, -0.1) is 0 Å². The molecule has 154 valence electrons. The van der Waals surface area contributed by atoms with Crippen LogP contribution in [0.4, 0.5) is 23.0 Å². The SMILES string of the molecule is Cc1c(Cl)cccc1Nc1ncnc(NNC(=O)c2ccc(Cl)cc2Cl)c1[N+](=O)[O-]. The molecule has 0 saturated heterocycles. The van der Waals surface area contributed by atoms with E-state index < -0.39 is 16.5 Å². The number of halogens is 3. The summed E-state index contributed by atoms with van der Waals surface area (Å²) in [6.07, 6.45) is 1.11. The van der Waals surface area contributed by atoms with Gasteiger partial charge in [0.05, 0.1) is 15.5 Å². The highest BCUT2D eigenvalue weighted by Crippen LogP contribution is 2.33. The summed E-state index contributed by atoms with van der Waals surface area (Å²) in [5.74, 6) is -0.943. The van der Waals surface area contributed by atoms with E-state index in [1.807, 2.05) is 0 Å². The molecule has 0 aliphatic rings. The molecule has 0 unspecified atom stereocenters. The molecule has 12 heteroatoms. The molecule has 0 radical (unpaired) electrons. The second-order valence-electron chi connectivity index (χ2n) is 5.92. The van der Waals surface area contributed by atoms with Crippen LogP contribution in [-0.2, 0) is 0 Å². The fraction of sp³-hybridized carbons (Fsp3) is 0.0556. The van der Waals surface area contributed by atoms with Crippen molar-refractivity contribution >= 4 is 63.7 Å². The van der Waals surface area contributed by atoms with Crippen LogP contribution in [0.25, 0.3) is 0 Å². The number of hydrogen-bond acceptors (Lipinski definition) is 7. The van der Waals surface area contributed by atoms with Gasteiger partial charge in [0.25, 0.3) is 5.91 Å². The first-order valence-electron chi connectivity index (χ1n) is 8.31. The van der Waals surface area contributed by atoms with E-state index in [0.717, 1.165) is 6.33 Å². The molecule has 0 atom stereocenters. The maximum Gasteiger partial charge on any atom is 0.355 e. The number of hydrogen-bond donors (Lipinski definition) is 3. The molecule has 9 nitrogen and oxygen atoms in total. The highest BCUT2D eigenvalue weighted by atomic mass is 35.5. The molecule has 3 aromatic rings. The van der Waals surface area contributed by atoms with Crippen LogP contribution in [0.5, 0.6) is 0 Å². The van der Waals surface area contributed by atoms with E-state index in [-0.39, 0.29) is 22.2 Å². The Bertz CT molecular complexity index is 1140. The van der Waals surface area contributed by atoms with Gasteiger partial charge in [-0.25, -0.2) is 9.97 Å². The van der Waals surface area contributed by atoms with Gasteiger partial charge in [0, 0.05) is 15.7 Å². The molecule has 1 aromatic heterocycles. The molecule has 3 N–H and O–H groups in total. The van der Waals surface area contributed by atoms with Gasteiger partial charge in [-0.2, -0.15) is 0 Å². The zero-order valence-corrected chi connectivity index (χ0v) is 17.5. The number of hydrazine groups is 1. The number of nitrogens with zero attached hydrogens (tertiary/aromatic N) is 3. The normalized spacial score (nSPS) is 10.4. The van der Waals surface area contributed by atoms with Crippen LogP contribution in [0.15, 0.2) is 42.7 Å². The zero-order valence-electron chi connectivity index (χ0n) is 15.2. The number of aromatic nitrogens is 2. The Hall–Kier alpha value is -3.14. The number of rotatable bonds is 6. The number of carbonyl (C=O) groups is 1. The van der Waals surface area contributed by atoms with Gasteiger partial charge in [0.15, 0.2) is 0 Å². The van der Waals surface area contributed by atoms with E-state index in [1.54, 1.807) is 25.1 Å². The Kier molecular flexibility index (Phi) is 6.56. The summed E-state index contributed by atoms with van der Waals surface area (Å²) >= 11 is 17.9. The van der Waals surface area contributed by atoms with Crippen LogP contribution in [0.2, 0.25) is 15.1 Å². The minimum absolute atomic E-state index is 0.0818. The lowest BCUT2D eigenvalue weighted by Crippen LogP contribution is -2.30. The molecule has 3 rings (SSSR count). The van der Waals surface area contributed by atoms with Crippen molar-refractivity contribution in [3.05, 3.63) is 79.0 Å². The molecular weight excluding hydrogens is 455 g/mol. The lowest BCUT2D eigenvalue weighted by atomic mass is 10.2. The van der Waals surface area contributed by atoms with E-state index in [4.69, 9.17) is 34.8 Å². The molecule has 0 spiro atoms. The van der Waals surface area contributed by atoms with Crippen LogP contribution in [0.3, 0.4) is 0 Å². The molecule has 1 heterocycles. The average molecular weight is 468 g/mol. The Morgan fingerprint density at radius 3 is 2.50 bits per heavy atom. The number of anilines is 3. The molecule has 1 amide bonds. The maximum absolute atomic E-state index is 12.3. The van der Waals surface area contributed by atoms with Crippen LogP contribution in [0, 0.1) is 17.0 Å². The minimum Gasteiger partial charge on any atom is -0.334 e. The number of carbonyl (C=O) groups excluding carboxylic acids is 1. The number of benzene rings is 2. The number of amides is 1. The summed E-state index contributed by atoms with van der Waals surface area (Å²) in [5.41, 5.74) is 5.63. The largest absolute Gasteiger partial charge is 0.355 e. The zero-order chi connectivity index (χ0) is 21.8. The van der Waals surface area contributed by atoms with Crippen LogP contribution < -0.4 is 16.2 Å². The second-order valence-corrected chi connectivity index (χ2v) is 7.17. The van der Waals surface area contributed by atoms with E-state index in [0.29, 0.717) is 21.3 Å². The molecule has 0 aliphatic carbocycles. The van der Waals surface area contributed by atoms with Crippen molar-refractivity contribution in [3.8, 4) is 0 Å². The van der Waals surface area contributed by atoms with Gasteiger partial charge in [0.1, 0.15) is 6.33 Å². The third-order valence-corrected chi connectivity index (χ3v) is 4.95. The summed E-state index contributed by atoms with van der Waals surface area (Å²) in [5, 5.41) is 15.5. The molecule has 0 fully saturated rings. The lowest BCUT2D eigenvalue weighted by molar-refractivity contribution is -0.383. The minimum atomic E-state index is -0.675. The standard InChI is InChI=1S/C18H13Cl3N6O3/c1-9-12(20)3-2-4-14(9)24-16-15(27(29)30)17(23-8-22-16)25-26-18(28)11-6-5-10(19)7-13(11)21/h2-8H,1H3,(H,26,28)(H2,22,23,24,25). The van der Waals surface area contributed by atoms with E-state index >= 15 is 0 Å². The quantitative estimate of drug-likeness (QED) is 0.338. The topological polar surface area (TPSA) is 122 Å². The van der Waals surface area contributed by atoms with Gasteiger partial charge in [-0.3, -0.25) is 25.8 Å². The first kappa shape index (κ1) is 21.6. The summed E-state index contributed by atoms with van der Waals surface area (Å²) in [7, 11) is 0.